The van der Waals surface area contributed by atoms with Crippen molar-refractivity contribution in [2.24, 2.45) is 0 Å². The van der Waals surface area contributed by atoms with E-state index in [9.17, 15) is 9.59 Å². The average molecular weight is 483 g/mol. The molecule has 2 aliphatic rings. The van der Waals surface area contributed by atoms with Crippen molar-refractivity contribution in [1.82, 2.24) is 4.90 Å². The summed E-state index contributed by atoms with van der Waals surface area (Å²) >= 11 is 0. The van der Waals surface area contributed by atoms with Gasteiger partial charge in [0.25, 0.3) is 5.91 Å². The Morgan fingerprint density at radius 2 is 1.47 bits per heavy atom. The molecule has 186 valence electrons. The standard InChI is InChI=1S/C30H34N4O2/c1-22-8-7-12-27(23(22)2)32-18-20-33(21-19-32)29(35)25-13-15-26(16-14-25)31-30(36)34-17-6-5-10-24-9-3-4-11-28(24)34/h3-4,7-9,11-16H,5-6,10,17-21H2,1-2H3,(H,31,36). The van der Waals surface area contributed by atoms with E-state index in [1.165, 1.54) is 22.4 Å². The Hall–Kier alpha value is -3.80. The number of rotatable bonds is 3. The third-order valence-corrected chi connectivity index (χ3v) is 7.47. The zero-order chi connectivity index (χ0) is 25.1. The van der Waals surface area contributed by atoms with Crippen molar-refractivity contribution >= 4 is 29.0 Å². The van der Waals surface area contributed by atoms with E-state index in [0.717, 1.165) is 38.0 Å². The molecule has 5 rings (SSSR count). The minimum Gasteiger partial charge on any atom is -0.368 e. The van der Waals surface area contributed by atoms with Gasteiger partial charge in [0, 0.05) is 55.3 Å². The highest BCUT2D eigenvalue weighted by atomic mass is 16.2. The number of carbonyl (C=O) groups is 2. The van der Waals surface area contributed by atoms with E-state index in [4.69, 9.17) is 0 Å². The van der Waals surface area contributed by atoms with Crippen LogP contribution in [0.2, 0.25) is 0 Å². The lowest BCUT2D eigenvalue weighted by Crippen LogP contribution is -2.49. The largest absolute Gasteiger partial charge is 0.368 e. The number of hydrogen-bond acceptors (Lipinski definition) is 3. The first kappa shape index (κ1) is 23.9. The van der Waals surface area contributed by atoms with Crippen molar-refractivity contribution in [1.29, 1.82) is 0 Å². The first-order valence-corrected chi connectivity index (χ1v) is 12.9. The monoisotopic (exact) mass is 482 g/mol. The minimum absolute atomic E-state index is 0.0370. The molecule has 0 spiro atoms. The van der Waals surface area contributed by atoms with E-state index in [1.54, 1.807) is 0 Å². The van der Waals surface area contributed by atoms with Crippen LogP contribution in [0.5, 0.6) is 0 Å². The van der Waals surface area contributed by atoms with E-state index >= 15 is 0 Å². The number of carbonyl (C=O) groups excluding carboxylic acids is 2. The Morgan fingerprint density at radius 3 is 2.25 bits per heavy atom. The van der Waals surface area contributed by atoms with Crippen LogP contribution in [0.25, 0.3) is 0 Å². The Kier molecular flexibility index (Phi) is 6.94. The maximum absolute atomic E-state index is 13.1. The van der Waals surface area contributed by atoms with Crippen LogP contribution in [0.3, 0.4) is 0 Å². The lowest BCUT2D eigenvalue weighted by molar-refractivity contribution is 0.0747. The maximum atomic E-state index is 13.1. The van der Waals surface area contributed by atoms with Crippen LogP contribution in [-0.4, -0.2) is 49.6 Å². The van der Waals surface area contributed by atoms with Crippen LogP contribution in [0.1, 0.15) is 39.9 Å². The quantitative estimate of drug-likeness (QED) is 0.526. The van der Waals surface area contributed by atoms with Gasteiger partial charge in [-0.25, -0.2) is 4.79 Å². The third-order valence-electron chi connectivity index (χ3n) is 7.47. The molecule has 2 heterocycles. The van der Waals surface area contributed by atoms with Crippen LogP contribution < -0.4 is 15.1 Å². The van der Waals surface area contributed by atoms with Gasteiger partial charge in [0.1, 0.15) is 0 Å². The minimum atomic E-state index is -0.133. The van der Waals surface area contributed by atoms with Gasteiger partial charge in [-0.2, -0.15) is 0 Å². The molecule has 2 aliphatic heterocycles. The van der Waals surface area contributed by atoms with Crippen molar-refractivity contribution in [2.75, 3.05) is 47.8 Å². The van der Waals surface area contributed by atoms with E-state index in [2.05, 4.69) is 48.3 Å². The number of nitrogens with one attached hydrogen (secondary N) is 1. The lowest BCUT2D eigenvalue weighted by Gasteiger charge is -2.37. The maximum Gasteiger partial charge on any atom is 0.326 e. The highest BCUT2D eigenvalue weighted by Crippen LogP contribution is 2.27. The highest BCUT2D eigenvalue weighted by Gasteiger charge is 2.24. The van der Waals surface area contributed by atoms with Gasteiger partial charge < -0.3 is 15.1 Å². The second-order valence-electron chi connectivity index (χ2n) is 9.74. The topological polar surface area (TPSA) is 55.9 Å². The molecule has 0 aliphatic carbocycles. The SMILES string of the molecule is Cc1cccc(N2CCN(C(=O)c3ccc(NC(=O)N4CCCCc5ccccc54)cc3)CC2)c1C. The molecule has 36 heavy (non-hydrogen) atoms. The molecular formula is C30H34N4O2. The molecule has 3 aromatic carbocycles. The highest BCUT2D eigenvalue weighted by molar-refractivity contribution is 6.02. The molecule has 1 saturated heterocycles. The van der Waals surface area contributed by atoms with E-state index in [1.807, 2.05) is 52.3 Å². The summed E-state index contributed by atoms with van der Waals surface area (Å²) in [6.45, 7) is 8.03. The molecule has 1 N–H and O–H groups in total. The second kappa shape index (κ2) is 10.4. The summed E-state index contributed by atoms with van der Waals surface area (Å²) in [4.78, 5) is 32.3. The van der Waals surface area contributed by atoms with Gasteiger partial charge in [-0.1, -0.05) is 30.3 Å². The number of para-hydroxylation sites is 1. The molecule has 0 aromatic heterocycles. The molecule has 0 bridgehead atoms. The molecule has 0 saturated carbocycles. The number of nitrogens with zero attached hydrogens (tertiary/aromatic N) is 3. The van der Waals surface area contributed by atoms with Gasteiger partial charge in [0.2, 0.25) is 0 Å². The first-order valence-electron chi connectivity index (χ1n) is 12.9. The molecular weight excluding hydrogens is 448 g/mol. The van der Waals surface area contributed by atoms with Crippen molar-refractivity contribution in [3.63, 3.8) is 0 Å². The zero-order valence-corrected chi connectivity index (χ0v) is 21.2. The number of urea groups is 1. The molecule has 6 nitrogen and oxygen atoms in total. The van der Waals surface area contributed by atoms with Crippen LogP contribution >= 0.6 is 0 Å². The summed E-state index contributed by atoms with van der Waals surface area (Å²) in [5, 5.41) is 3.02. The second-order valence-corrected chi connectivity index (χ2v) is 9.74. The fourth-order valence-corrected chi connectivity index (χ4v) is 5.20. The number of fused-ring (bicyclic) bond motifs is 1. The summed E-state index contributed by atoms with van der Waals surface area (Å²) in [6, 6.07) is 21.7. The van der Waals surface area contributed by atoms with E-state index in [-0.39, 0.29) is 11.9 Å². The number of piperazine rings is 1. The van der Waals surface area contributed by atoms with E-state index in [0.29, 0.717) is 30.9 Å². The van der Waals surface area contributed by atoms with Crippen LogP contribution in [-0.2, 0) is 6.42 Å². The Bertz CT molecular complexity index is 1250. The smallest absolute Gasteiger partial charge is 0.326 e. The van der Waals surface area contributed by atoms with Crippen LogP contribution in [0.4, 0.5) is 21.9 Å². The summed E-state index contributed by atoms with van der Waals surface area (Å²) in [6.07, 6.45) is 3.05. The zero-order valence-electron chi connectivity index (χ0n) is 21.2. The lowest BCUT2D eigenvalue weighted by atomic mass is 10.1. The number of amides is 3. The summed E-state index contributed by atoms with van der Waals surface area (Å²) in [5.41, 5.74) is 7.39. The molecule has 3 aromatic rings. The van der Waals surface area contributed by atoms with Crippen molar-refractivity contribution in [2.45, 2.75) is 33.1 Å². The number of hydrogen-bond donors (Lipinski definition) is 1. The predicted octanol–water partition coefficient (Wildman–Crippen LogP) is 5.64. The summed E-state index contributed by atoms with van der Waals surface area (Å²) < 4.78 is 0. The van der Waals surface area contributed by atoms with Gasteiger partial charge in [-0.15, -0.1) is 0 Å². The molecule has 0 radical (unpaired) electrons. The average Bonchev–Trinajstić information content (AvgIpc) is 3.13. The molecule has 6 heteroatoms. The van der Waals surface area contributed by atoms with Crippen molar-refractivity contribution < 1.29 is 9.59 Å². The predicted molar refractivity (Wildman–Crippen MR) is 146 cm³/mol. The Labute approximate surface area is 213 Å². The van der Waals surface area contributed by atoms with E-state index < -0.39 is 0 Å². The van der Waals surface area contributed by atoms with Gasteiger partial charge in [-0.3, -0.25) is 9.69 Å². The third kappa shape index (κ3) is 4.94. The normalized spacial score (nSPS) is 15.8. The van der Waals surface area contributed by atoms with Crippen LogP contribution in [0, 0.1) is 13.8 Å². The van der Waals surface area contributed by atoms with Gasteiger partial charge in [-0.05, 0) is 86.2 Å². The fraction of sp³-hybridized carbons (Fsp3) is 0.333. The summed E-state index contributed by atoms with van der Waals surface area (Å²) in [7, 11) is 0. The van der Waals surface area contributed by atoms with Crippen LogP contribution in [0.15, 0.2) is 66.7 Å². The first-order chi connectivity index (χ1) is 17.5. The molecule has 0 unspecified atom stereocenters. The Balaban J connectivity index is 1.20. The fourth-order valence-electron chi connectivity index (χ4n) is 5.20. The number of benzene rings is 3. The van der Waals surface area contributed by atoms with Crippen molar-refractivity contribution in [3.8, 4) is 0 Å². The van der Waals surface area contributed by atoms with Gasteiger partial charge in [0.15, 0.2) is 0 Å². The number of anilines is 3. The summed E-state index contributed by atoms with van der Waals surface area (Å²) in [5.74, 6) is 0.0370. The molecule has 0 atom stereocenters. The molecule has 3 amide bonds. The molecule has 1 fully saturated rings. The van der Waals surface area contributed by atoms with Crippen molar-refractivity contribution in [3.05, 3.63) is 89.0 Å². The number of aryl methyl sites for hydroxylation is 2. The van der Waals surface area contributed by atoms with Gasteiger partial charge >= 0.3 is 6.03 Å². The Morgan fingerprint density at radius 1 is 0.750 bits per heavy atom. The van der Waals surface area contributed by atoms with Gasteiger partial charge in [0.05, 0.1) is 0 Å².